The van der Waals surface area contributed by atoms with Gasteiger partial charge >= 0.3 is 0 Å². The van der Waals surface area contributed by atoms with Gasteiger partial charge in [0.2, 0.25) is 19.0 Å². The fourth-order valence-electron chi connectivity index (χ4n) is 3.37. The zero-order valence-electron chi connectivity index (χ0n) is 11.5. The first-order valence-corrected chi connectivity index (χ1v) is 7.28. The van der Waals surface area contributed by atoms with Crippen LogP contribution in [0.15, 0.2) is 24.4 Å². The highest BCUT2D eigenvalue weighted by molar-refractivity contribution is 5.67. The SMILES string of the molecule is O=[N+]1C=C(c2ccc3c(c2)OCO3)N([O-])C2CCCCC21. The average Bonchev–Trinajstić information content (AvgIpc) is 2.98. The van der Waals surface area contributed by atoms with Gasteiger partial charge in [0.05, 0.1) is 6.04 Å². The molecule has 1 aromatic rings. The number of fused-ring (bicyclic) bond motifs is 2. The van der Waals surface area contributed by atoms with Crippen molar-refractivity contribution in [2.45, 2.75) is 37.8 Å². The summed E-state index contributed by atoms with van der Waals surface area (Å²) in [5.41, 5.74) is 1.10. The first kappa shape index (κ1) is 12.6. The fraction of sp³-hybridized carbons (Fsp3) is 0.467. The van der Waals surface area contributed by atoms with Gasteiger partial charge in [0, 0.05) is 21.7 Å². The summed E-state index contributed by atoms with van der Waals surface area (Å²) < 4.78 is 11.6. The highest BCUT2D eigenvalue weighted by Crippen LogP contribution is 2.38. The Hall–Kier alpha value is -2.08. The van der Waals surface area contributed by atoms with Crippen LogP contribution in [0.3, 0.4) is 0 Å². The topological polar surface area (TPSA) is 64.8 Å². The lowest BCUT2D eigenvalue weighted by molar-refractivity contribution is -0.536. The standard InChI is InChI=1S/C15H16N2O4/c18-16-8-13(17(19)12-4-2-1-3-11(12)16)10-5-6-14-15(7-10)21-9-20-14/h5-8,11-12H,1-4,9H2. The van der Waals surface area contributed by atoms with Crippen molar-refractivity contribution in [1.29, 1.82) is 0 Å². The molecular formula is C15H16N2O4. The van der Waals surface area contributed by atoms with E-state index in [2.05, 4.69) is 0 Å². The first-order chi connectivity index (χ1) is 10.2. The summed E-state index contributed by atoms with van der Waals surface area (Å²) >= 11 is 0. The monoisotopic (exact) mass is 288 g/mol. The molecule has 2 heterocycles. The highest BCUT2D eigenvalue weighted by Gasteiger charge is 2.42. The second-order valence-electron chi connectivity index (χ2n) is 5.69. The molecule has 2 unspecified atom stereocenters. The minimum Gasteiger partial charge on any atom is -0.758 e. The molecule has 6 heteroatoms. The summed E-state index contributed by atoms with van der Waals surface area (Å²) in [6, 6.07) is 4.86. The Morgan fingerprint density at radius 3 is 2.90 bits per heavy atom. The second kappa shape index (κ2) is 4.73. The van der Waals surface area contributed by atoms with Crippen molar-refractivity contribution in [3.8, 4) is 11.5 Å². The third kappa shape index (κ3) is 1.98. The lowest BCUT2D eigenvalue weighted by Crippen LogP contribution is -2.49. The van der Waals surface area contributed by atoms with Crippen molar-refractivity contribution in [3.63, 3.8) is 0 Å². The fourth-order valence-corrected chi connectivity index (χ4v) is 3.37. The molecule has 0 amide bonds. The van der Waals surface area contributed by atoms with Crippen LogP contribution in [0.25, 0.3) is 5.70 Å². The second-order valence-corrected chi connectivity index (χ2v) is 5.69. The Morgan fingerprint density at radius 2 is 2.00 bits per heavy atom. The van der Waals surface area contributed by atoms with E-state index in [1.807, 2.05) is 0 Å². The van der Waals surface area contributed by atoms with E-state index in [4.69, 9.17) is 9.47 Å². The van der Waals surface area contributed by atoms with Crippen LogP contribution in [-0.4, -0.2) is 28.7 Å². The summed E-state index contributed by atoms with van der Waals surface area (Å²) in [7, 11) is 0. The zero-order valence-corrected chi connectivity index (χ0v) is 11.5. The molecule has 21 heavy (non-hydrogen) atoms. The Kier molecular flexibility index (Phi) is 2.85. The minimum atomic E-state index is -0.248. The van der Waals surface area contributed by atoms with Crippen molar-refractivity contribution in [2.24, 2.45) is 0 Å². The highest BCUT2D eigenvalue weighted by atomic mass is 16.7. The van der Waals surface area contributed by atoms with E-state index in [1.54, 1.807) is 18.2 Å². The molecule has 4 rings (SSSR count). The van der Waals surface area contributed by atoms with E-state index in [0.29, 0.717) is 22.8 Å². The number of benzene rings is 1. The van der Waals surface area contributed by atoms with Gasteiger partial charge in [-0.15, -0.1) is 0 Å². The van der Waals surface area contributed by atoms with Crippen LogP contribution in [0, 0.1) is 10.1 Å². The molecule has 2 aliphatic heterocycles. The molecule has 110 valence electrons. The van der Waals surface area contributed by atoms with E-state index in [-0.39, 0.29) is 18.9 Å². The third-order valence-electron chi connectivity index (χ3n) is 4.48. The Balaban J connectivity index is 1.72. The van der Waals surface area contributed by atoms with E-state index in [1.165, 1.54) is 6.20 Å². The van der Waals surface area contributed by atoms with E-state index in [0.717, 1.165) is 35.5 Å². The van der Waals surface area contributed by atoms with Gasteiger partial charge in [0.25, 0.3) is 0 Å². The normalized spacial score (nSPS) is 27.4. The largest absolute Gasteiger partial charge is 0.758 e. The van der Waals surface area contributed by atoms with Crippen LogP contribution >= 0.6 is 0 Å². The summed E-state index contributed by atoms with van der Waals surface area (Å²) in [6.45, 7) is 0.192. The Labute approximate surface area is 122 Å². The van der Waals surface area contributed by atoms with Crippen molar-refractivity contribution >= 4 is 5.70 Å². The molecule has 6 nitrogen and oxygen atoms in total. The molecule has 1 saturated carbocycles. The van der Waals surface area contributed by atoms with Crippen LogP contribution in [-0.2, 0) is 0 Å². The minimum absolute atomic E-state index is 0.192. The molecule has 3 aliphatic rings. The van der Waals surface area contributed by atoms with Crippen molar-refractivity contribution in [3.05, 3.63) is 40.1 Å². The van der Waals surface area contributed by atoms with Gasteiger partial charge in [-0.3, -0.25) is 0 Å². The average molecular weight is 288 g/mol. The predicted octanol–water partition coefficient (Wildman–Crippen LogP) is 2.62. The number of nitrogens with zero attached hydrogens (tertiary/aromatic N) is 2. The maximum Gasteiger partial charge on any atom is 0.244 e. The van der Waals surface area contributed by atoms with Crippen LogP contribution in [0.4, 0.5) is 0 Å². The lowest BCUT2D eigenvalue weighted by atomic mass is 9.88. The van der Waals surface area contributed by atoms with Crippen LogP contribution in [0.2, 0.25) is 0 Å². The third-order valence-corrected chi connectivity index (χ3v) is 4.48. The molecule has 0 radical (unpaired) electrons. The van der Waals surface area contributed by atoms with Gasteiger partial charge in [-0.2, -0.15) is 0 Å². The van der Waals surface area contributed by atoms with Crippen LogP contribution in [0.5, 0.6) is 11.5 Å². The van der Waals surface area contributed by atoms with Gasteiger partial charge in [-0.05, 0) is 31.0 Å². The number of hydroxylamine groups is 2. The van der Waals surface area contributed by atoms with Crippen LogP contribution < -0.4 is 9.47 Å². The van der Waals surface area contributed by atoms with Crippen molar-refractivity contribution in [1.82, 2.24) is 5.06 Å². The molecule has 0 aromatic heterocycles. The summed E-state index contributed by atoms with van der Waals surface area (Å²) in [5, 5.41) is 13.6. The molecule has 0 spiro atoms. The molecule has 2 atom stereocenters. The number of ether oxygens (including phenoxy) is 2. The Bertz CT molecular complexity index is 628. The molecule has 1 fully saturated rings. The molecule has 0 saturated heterocycles. The summed E-state index contributed by atoms with van der Waals surface area (Å²) in [5.74, 6) is 1.28. The van der Waals surface area contributed by atoms with E-state index in [9.17, 15) is 10.1 Å². The maximum absolute atomic E-state index is 12.6. The van der Waals surface area contributed by atoms with E-state index >= 15 is 0 Å². The Morgan fingerprint density at radius 1 is 1.19 bits per heavy atom. The molecule has 1 aliphatic carbocycles. The van der Waals surface area contributed by atoms with Crippen LogP contribution in [0.1, 0.15) is 31.2 Å². The van der Waals surface area contributed by atoms with Crippen molar-refractivity contribution in [2.75, 3.05) is 6.79 Å². The maximum atomic E-state index is 12.6. The van der Waals surface area contributed by atoms with E-state index < -0.39 is 0 Å². The quantitative estimate of drug-likeness (QED) is 0.743. The smallest absolute Gasteiger partial charge is 0.244 e. The summed E-state index contributed by atoms with van der Waals surface area (Å²) in [6.07, 6.45) is 4.99. The molecular weight excluding hydrogens is 272 g/mol. The molecule has 1 aromatic carbocycles. The zero-order chi connectivity index (χ0) is 14.4. The van der Waals surface area contributed by atoms with Gasteiger partial charge in [-0.25, -0.2) is 0 Å². The predicted molar refractivity (Wildman–Crippen MR) is 75.4 cm³/mol. The van der Waals surface area contributed by atoms with Gasteiger partial charge in [0.1, 0.15) is 5.70 Å². The molecule has 0 bridgehead atoms. The lowest BCUT2D eigenvalue weighted by Gasteiger charge is -2.44. The number of hydrogen-bond acceptors (Lipinski definition) is 5. The van der Waals surface area contributed by atoms with Gasteiger partial charge < -0.3 is 19.7 Å². The van der Waals surface area contributed by atoms with Gasteiger partial charge in [-0.1, -0.05) is 6.42 Å². The molecule has 0 N–H and O–H groups in total. The number of hydrogen-bond donors (Lipinski definition) is 0. The number of rotatable bonds is 1. The van der Waals surface area contributed by atoms with Gasteiger partial charge in [0.15, 0.2) is 11.5 Å². The first-order valence-electron chi connectivity index (χ1n) is 7.28. The summed E-state index contributed by atoms with van der Waals surface area (Å²) in [4.78, 5) is 12.2. The van der Waals surface area contributed by atoms with Crippen molar-refractivity contribution < 1.29 is 14.2 Å². The number of nitroso groups, excluding NO2 is 1.